The minimum absolute atomic E-state index is 0.124. The number of hydrogen-bond acceptors (Lipinski definition) is 2. The molecule has 0 aliphatic carbocycles. The number of carbonyl (C=O) groups excluding carboxylic acids is 1. The Balaban J connectivity index is 1.82. The van der Waals surface area contributed by atoms with Crippen molar-refractivity contribution in [1.82, 2.24) is 9.88 Å². The fourth-order valence-electron chi connectivity index (χ4n) is 3.58. The normalized spacial score (nSPS) is 14.4. The van der Waals surface area contributed by atoms with Gasteiger partial charge in [0.2, 0.25) is 0 Å². The SMILES string of the molecule is Cc1c(C2=CCNCC2)c2ccccc2n1C(=O)Nc1ccccc1. The molecule has 2 heterocycles. The van der Waals surface area contributed by atoms with Crippen LogP contribution in [0.1, 0.15) is 17.7 Å². The molecule has 4 heteroatoms. The highest BCUT2D eigenvalue weighted by Gasteiger charge is 2.21. The van der Waals surface area contributed by atoms with Crippen LogP contribution in [-0.4, -0.2) is 23.7 Å². The molecule has 0 fully saturated rings. The van der Waals surface area contributed by atoms with Gasteiger partial charge in [-0.2, -0.15) is 0 Å². The van der Waals surface area contributed by atoms with Gasteiger partial charge in [0.25, 0.3) is 0 Å². The van der Waals surface area contributed by atoms with Crippen LogP contribution in [0, 0.1) is 6.92 Å². The molecular formula is C21H21N3O. The molecule has 0 saturated carbocycles. The smallest absolute Gasteiger partial charge is 0.313 e. The number of amides is 1. The molecular weight excluding hydrogens is 310 g/mol. The van der Waals surface area contributed by atoms with E-state index in [2.05, 4.69) is 22.8 Å². The Morgan fingerprint density at radius 1 is 1.08 bits per heavy atom. The van der Waals surface area contributed by atoms with Crippen LogP contribution < -0.4 is 10.6 Å². The summed E-state index contributed by atoms with van der Waals surface area (Å²) >= 11 is 0. The summed E-state index contributed by atoms with van der Waals surface area (Å²) in [6.07, 6.45) is 3.22. The molecule has 1 amide bonds. The van der Waals surface area contributed by atoms with E-state index in [9.17, 15) is 4.79 Å². The Morgan fingerprint density at radius 3 is 2.60 bits per heavy atom. The number of nitrogens with zero attached hydrogens (tertiary/aromatic N) is 1. The second-order valence-electron chi connectivity index (χ2n) is 6.29. The summed E-state index contributed by atoms with van der Waals surface area (Å²) in [5.41, 5.74) is 5.25. The van der Waals surface area contributed by atoms with Crippen molar-refractivity contribution >= 4 is 28.2 Å². The molecule has 0 bridgehead atoms. The topological polar surface area (TPSA) is 46.1 Å². The molecule has 0 unspecified atom stereocenters. The lowest BCUT2D eigenvalue weighted by Gasteiger charge is -2.15. The minimum atomic E-state index is -0.124. The summed E-state index contributed by atoms with van der Waals surface area (Å²) in [4.78, 5) is 13.0. The average molecular weight is 331 g/mol. The summed E-state index contributed by atoms with van der Waals surface area (Å²) in [5.74, 6) is 0. The number of carbonyl (C=O) groups is 1. The summed E-state index contributed by atoms with van der Waals surface area (Å²) in [5, 5.41) is 7.49. The van der Waals surface area contributed by atoms with E-state index in [0.717, 1.165) is 41.8 Å². The minimum Gasteiger partial charge on any atom is -0.313 e. The van der Waals surface area contributed by atoms with Crippen molar-refractivity contribution in [3.63, 3.8) is 0 Å². The first-order chi connectivity index (χ1) is 12.3. The summed E-state index contributed by atoms with van der Waals surface area (Å²) < 4.78 is 1.79. The maximum atomic E-state index is 13.0. The fraction of sp³-hybridized carbons (Fsp3) is 0.190. The summed E-state index contributed by atoms with van der Waals surface area (Å²) in [6.45, 7) is 3.88. The van der Waals surface area contributed by atoms with Gasteiger partial charge >= 0.3 is 6.03 Å². The zero-order valence-electron chi connectivity index (χ0n) is 14.3. The van der Waals surface area contributed by atoms with Gasteiger partial charge in [0.15, 0.2) is 0 Å². The summed E-state index contributed by atoms with van der Waals surface area (Å²) in [7, 11) is 0. The predicted molar refractivity (Wildman–Crippen MR) is 103 cm³/mol. The molecule has 1 aliphatic heterocycles. The molecule has 4 rings (SSSR count). The number of para-hydroxylation sites is 2. The molecule has 126 valence electrons. The number of fused-ring (bicyclic) bond motifs is 1. The van der Waals surface area contributed by atoms with Crippen molar-refractivity contribution < 1.29 is 4.79 Å². The Hall–Kier alpha value is -2.85. The monoisotopic (exact) mass is 331 g/mol. The van der Waals surface area contributed by atoms with Gasteiger partial charge in [-0.3, -0.25) is 4.57 Å². The number of nitrogens with one attached hydrogen (secondary N) is 2. The molecule has 25 heavy (non-hydrogen) atoms. The molecule has 3 aromatic rings. The van der Waals surface area contributed by atoms with Crippen LogP contribution in [0.5, 0.6) is 0 Å². The Bertz CT molecular complexity index is 954. The van der Waals surface area contributed by atoms with Crippen LogP contribution in [0.4, 0.5) is 10.5 Å². The second-order valence-corrected chi connectivity index (χ2v) is 6.29. The van der Waals surface area contributed by atoms with E-state index in [4.69, 9.17) is 0 Å². The quantitative estimate of drug-likeness (QED) is 0.731. The number of rotatable bonds is 2. The zero-order valence-corrected chi connectivity index (χ0v) is 14.3. The van der Waals surface area contributed by atoms with Gasteiger partial charge in [-0.05, 0) is 43.7 Å². The molecule has 4 nitrogen and oxygen atoms in total. The van der Waals surface area contributed by atoms with Gasteiger partial charge in [-0.1, -0.05) is 42.5 Å². The van der Waals surface area contributed by atoms with Crippen LogP contribution in [0.25, 0.3) is 16.5 Å². The van der Waals surface area contributed by atoms with Crippen LogP contribution >= 0.6 is 0 Å². The van der Waals surface area contributed by atoms with E-state index < -0.39 is 0 Å². The number of aromatic nitrogens is 1. The third kappa shape index (κ3) is 2.85. The largest absolute Gasteiger partial charge is 0.330 e. The molecule has 1 aromatic heterocycles. The van der Waals surface area contributed by atoms with Crippen molar-refractivity contribution in [3.8, 4) is 0 Å². The highest BCUT2D eigenvalue weighted by molar-refractivity contribution is 6.04. The van der Waals surface area contributed by atoms with Gasteiger partial charge < -0.3 is 10.6 Å². The first-order valence-electron chi connectivity index (χ1n) is 8.62. The third-order valence-corrected chi connectivity index (χ3v) is 4.72. The zero-order chi connectivity index (χ0) is 17.2. The molecule has 0 spiro atoms. The highest BCUT2D eigenvalue weighted by Crippen LogP contribution is 2.33. The van der Waals surface area contributed by atoms with E-state index in [0.29, 0.717) is 0 Å². The van der Waals surface area contributed by atoms with Gasteiger partial charge in [-0.25, -0.2) is 4.79 Å². The van der Waals surface area contributed by atoms with E-state index in [1.165, 1.54) is 11.1 Å². The number of anilines is 1. The van der Waals surface area contributed by atoms with E-state index in [1.54, 1.807) is 4.57 Å². The van der Waals surface area contributed by atoms with Gasteiger partial charge in [-0.15, -0.1) is 0 Å². The molecule has 0 radical (unpaired) electrons. The van der Waals surface area contributed by atoms with Gasteiger partial charge in [0, 0.05) is 28.9 Å². The molecule has 0 saturated heterocycles. The maximum Gasteiger partial charge on any atom is 0.330 e. The summed E-state index contributed by atoms with van der Waals surface area (Å²) in [6, 6.07) is 17.6. The Kier molecular flexibility index (Phi) is 4.12. The first kappa shape index (κ1) is 15.7. The van der Waals surface area contributed by atoms with E-state index in [-0.39, 0.29) is 6.03 Å². The first-order valence-corrected chi connectivity index (χ1v) is 8.62. The maximum absolute atomic E-state index is 13.0. The molecule has 0 atom stereocenters. The van der Waals surface area contributed by atoms with Crippen LogP contribution in [0.2, 0.25) is 0 Å². The fourth-order valence-corrected chi connectivity index (χ4v) is 3.58. The van der Waals surface area contributed by atoms with Crippen molar-refractivity contribution in [2.45, 2.75) is 13.3 Å². The Labute approximate surface area is 147 Å². The van der Waals surface area contributed by atoms with Gasteiger partial charge in [0.05, 0.1) is 5.52 Å². The molecule has 2 aromatic carbocycles. The lowest BCUT2D eigenvalue weighted by molar-refractivity contribution is 0.254. The van der Waals surface area contributed by atoms with Crippen molar-refractivity contribution in [1.29, 1.82) is 0 Å². The Morgan fingerprint density at radius 2 is 1.84 bits per heavy atom. The van der Waals surface area contributed by atoms with Crippen LogP contribution in [0.3, 0.4) is 0 Å². The molecule has 2 N–H and O–H groups in total. The standard InChI is InChI=1S/C21H21N3O/c1-15-20(16-11-13-22-14-12-16)18-9-5-6-10-19(18)24(15)21(25)23-17-7-3-2-4-8-17/h2-11,22H,12-14H2,1H3,(H,23,25). The lowest BCUT2D eigenvalue weighted by atomic mass is 9.97. The lowest BCUT2D eigenvalue weighted by Crippen LogP contribution is -2.21. The third-order valence-electron chi connectivity index (χ3n) is 4.72. The van der Waals surface area contributed by atoms with E-state index in [1.807, 2.05) is 55.5 Å². The van der Waals surface area contributed by atoms with Gasteiger partial charge in [0.1, 0.15) is 0 Å². The van der Waals surface area contributed by atoms with E-state index >= 15 is 0 Å². The average Bonchev–Trinajstić information content (AvgIpc) is 2.95. The molecule has 1 aliphatic rings. The van der Waals surface area contributed by atoms with Crippen LogP contribution in [-0.2, 0) is 0 Å². The number of benzene rings is 2. The second kappa shape index (κ2) is 6.57. The highest BCUT2D eigenvalue weighted by atomic mass is 16.2. The predicted octanol–water partition coefficient (Wildman–Crippen LogP) is 4.41. The number of hydrogen-bond donors (Lipinski definition) is 2. The van der Waals surface area contributed by atoms with Crippen LogP contribution in [0.15, 0.2) is 60.7 Å². The van der Waals surface area contributed by atoms with Crippen molar-refractivity contribution in [3.05, 3.63) is 71.9 Å². The van der Waals surface area contributed by atoms with Crippen molar-refractivity contribution in [2.75, 3.05) is 18.4 Å². The van der Waals surface area contributed by atoms with Crippen molar-refractivity contribution in [2.24, 2.45) is 0 Å².